The molecule has 0 saturated heterocycles. The van der Waals surface area contributed by atoms with Crippen LogP contribution in [0.15, 0.2) is 93.8 Å². The summed E-state index contributed by atoms with van der Waals surface area (Å²) < 4.78 is 7.75. The number of hydrogen-bond acceptors (Lipinski definition) is 6. The Kier molecular flexibility index (Phi) is 12.8. The Hall–Kier alpha value is -2.56. The molecule has 0 unspecified atom stereocenters. The van der Waals surface area contributed by atoms with Crippen molar-refractivity contribution in [2.45, 2.75) is 6.42 Å². The number of aromatic nitrogens is 4. The van der Waals surface area contributed by atoms with Crippen LogP contribution in [-0.4, -0.2) is 36.3 Å². The van der Waals surface area contributed by atoms with Gasteiger partial charge < -0.3 is 9.80 Å². The molecule has 2 aromatic carbocycles. The van der Waals surface area contributed by atoms with E-state index in [2.05, 4.69) is 68.6 Å². The van der Waals surface area contributed by atoms with Crippen molar-refractivity contribution in [3.05, 3.63) is 73.3 Å². The number of aryl methyl sites for hydroxylation is 4. The fourth-order valence-electron chi connectivity index (χ4n) is 4.00. The van der Waals surface area contributed by atoms with Crippen molar-refractivity contribution in [2.75, 3.05) is 37.0 Å². The molecular formula is C27H36Cl4N10Zn. The first kappa shape index (κ1) is 33.9. The molecule has 42 heavy (non-hydrogen) atoms. The number of nitrogens with zero attached hydrogens (tertiary/aromatic N) is 10. The maximum atomic E-state index is 5.05. The Balaban J connectivity index is 0.000000892. The first-order chi connectivity index (χ1) is 19.8. The molecule has 0 N–H and O–H groups in total. The van der Waals surface area contributed by atoms with E-state index in [1.807, 2.05) is 95.5 Å². The Morgan fingerprint density at radius 3 is 1.26 bits per heavy atom. The van der Waals surface area contributed by atoms with Gasteiger partial charge in [-0.2, -0.15) is 0 Å². The van der Waals surface area contributed by atoms with Gasteiger partial charge in [-0.1, -0.05) is 10.2 Å². The zero-order valence-electron chi connectivity index (χ0n) is 24.7. The number of anilines is 2. The standard InChI is InChI=1S/C27H36N10.4ClH.Zn/c1-32(24-12-8-22(9-13-24)28-30-26-34(3)18-19-35(26)4)16-7-17-33(2)25-14-10-23(11-15-25)29-31-27-36(5)20-21-37(27)6;;;;;/h8-15,18-21H,7,16-17H2,1-6H3;4*1H;/q+2;;;;;+2/p-4. The molecule has 2 aromatic heterocycles. The monoisotopic (exact) mass is 704 g/mol. The van der Waals surface area contributed by atoms with Gasteiger partial charge in [0.1, 0.15) is 11.4 Å². The zero-order chi connectivity index (χ0) is 30.9. The van der Waals surface area contributed by atoms with E-state index in [0.29, 0.717) is 0 Å². The Labute approximate surface area is 266 Å². The van der Waals surface area contributed by atoms with Crippen LogP contribution in [0.1, 0.15) is 6.42 Å². The fourth-order valence-corrected chi connectivity index (χ4v) is 4.00. The minimum atomic E-state index is -3.36. The van der Waals surface area contributed by atoms with Gasteiger partial charge in [0.05, 0.1) is 53.0 Å². The molecule has 2 heterocycles. The summed E-state index contributed by atoms with van der Waals surface area (Å²) in [5.74, 6) is 1.59. The summed E-state index contributed by atoms with van der Waals surface area (Å²) in [5, 5.41) is 17.5. The second kappa shape index (κ2) is 15.8. The molecule has 0 saturated carbocycles. The molecule has 10 nitrogen and oxygen atoms in total. The summed E-state index contributed by atoms with van der Waals surface area (Å²) in [7, 11) is 28.9. The van der Waals surface area contributed by atoms with Crippen molar-refractivity contribution >= 4 is 73.4 Å². The van der Waals surface area contributed by atoms with Gasteiger partial charge in [-0.15, -0.1) is 0 Å². The second-order valence-electron chi connectivity index (χ2n) is 9.88. The Bertz CT molecular complexity index is 1330. The average Bonchev–Trinajstić information content (AvgIpc) is 3.44. The van der Waals surface area contributed by atoms with Crippen molar-refractivity contribution in [3.63, 3.8) is 0 Å². The predicted octanol–water partition coefficient (Wildman–Crippen LogP) is 7.56. The zero-order valence-corrected chi connectivity index (χ0v) is 30.7. The Morgan fingerprint density at radius 2 is 0.976 bits per heavy atom. The third-order valence-corrected chi connectivity index (χ3v) is 6.37. The van der Waals surface area contributed by atoms with Crippen molar-refractivity contribution < 1.29 is 19.9 Å². The van der Waals surface area contributed by atoms with Gasteiger partial charge in [0, 0.05) is 48.8 Å². The van der Waals surface area contributed by atoms with E-state index in [1.54, 1.807) is 0 Å². The molecule has 0 atom stereocenters. The average molecular weight is 708 g/mol. The summed E-state index contributed by atoms with van der Waals surface area (Å²) >= 11 is 0. The predicted molar refractivity (Wildman–Crippen MR) is 169 cm³/mol. The summed E-state index contributed by atoms with van der Waals surface area (Å²) in [6, 6.07) is 16.4. The van der Waals surface area contributed by atoms with Crippen LogP contribution in [0.2, 0.25) is 0 Å². The number of hydrogen-bond donors (Lipinski definition) is 0. The van der Waals surface area contributed by atoms with Gasteiger partial charge in [0.2, 0.25) is 0 Å². The van der Waals surface area contributed by atoms with E-state index >= 15 is 0 Å². The molecule has 0 aliphatic carbocycles. The third-order valence-electron chi connectivity index (χ3n) is 6.37. The topological polar surface area (TPSA) is 73.5 Å². The summed E-state index contributed by atoms with van der Waals surface area (Å²) in [6.07, 6.45) is 8.86. The van der Waals surface area contributed by atoms with Crippen LogP contribution in [-0.2, 0) is 39.0 Å². The van der Waals surface area contributed by atoms with Crippen LogP contribution >= 0.6 is 38.8 Å². The van der Waals surface area contributed by atoms with E-state index in [0.717, 1.165) is 54.2 Å². The first-order valence-corrected chi connectivity index (χ1v) is 29.0. The minimum absolute atomic E-state index is 0.797. The van der Waals surface area contributed by atoms with E-state index < -0.39 is 10.8 Å². The van der Waals surface area contributed by atoms with E-state index in [1.165, 1.54) is 0 Å². The SMILES string of the molecule is CN(CCCN(C)c1ccc(N=Nc2n(C)cc[n+]2C)cc1)c1ccc(N=Nc2n(C)cc[n+]2C)cc1.[Cl][Zn-2]([Cl])([Cl])[Cl]. The number of rotatable bonds is 10. The normalized spacial score (nSPS) is 11.7. The number of imidazole rings is 2. The van der Waals surface area contributed by atoms with Gasteiger partial charge >= 0.3 is 61.5 Å². The molecule has 0 spiro atoms. The second-order valence-corrected chi connectivity index (χ2v) is 37.6. The van der Waals surface area contributed by atoms with Crippen molar-refractivity contribution in [2.24, 2.45) is 48.6 Å². The fraction of sp³-hybridized carbons (Fsp3) is 0.333. The van der Waals surface area contributed by atoms with Crippen molar-refractivity contribution in [1.82, 2.24) is 9.13 Å². The molecule has 224 valence electrons. The summed E-state index contributed by atoms with van der Waals surface area (Å²) in [6.45, 7) is 1.90. The quantitative estimate of drug-likeness (QED) is 0.0970. The van der Waals surface area contributed by atoms with Gasteiger partial charge in [-0.05, 0) is 55.0 Å². The molecule has 0 fully saturated rings. The maximum absolute atomic E-state index is 5.05. The van der Waals surface area contributed by atoms with Crippen LogP contribution in [0.25, 0.3) is 0 Å². The third kappa shape index (κ3) is 10.9. The van der Waals surface area contributed by atoms with Gasteiger partial charge in [0.25, 0.3) is 0 Å². The molecule has 0 aliphatic heterocycles. The molecule has 0 amide bonds. The van der Waals surface area contributed by atoms with Crippen LogP contribution in [0.4, 0.5) is 34.6 Å². The molecule has 4 rings (SSSR count). The van der Waals surface area contributed by atoms with Crippen LogP contribution in [0.5, 0.6) is 0 Å². The van der Waals surface area contributed by atoms with Crippen molar-refractivity contribution in [3.8, 4) is 0 Å². The van der Waals surface area contributed by atoms with Crippen molar-refractivity contribution in [1.29, 1.82) is 0 Å². The number of halogens is 4. The van der Waals surface area contributed by atoms with Crippen LogP contribution in [0.3, 0.4) is 0 Å². The van der Waals surface area contributed by atoms with Gasteiger partial charge in [0.15, 0.2) is 0 Å². The van der Waals surface area contributed by atoms with Crippen LogP contribution in [0, 0.1) is 0 Å². The summed E-state index contributed by atoms with van der Waals surface area (Å²) in [4.78, 5) is 4.53. The number of azo groups is 2. The molecule has 15 heteroatoms. The molecule has 0 aliphatic rings. The summed E-state index contributed by atoms with van der Waals surface area (Å²) in [5.41, 5.74) is 3.98. The van der Waals surface area contributed by atoms with Gasteiger partial charge in [-0.3, -0.25) is 0 Å². The van der Waals surface area contributed by atoms with Crippen LogP contribution < -0.4 is 18.9 Å². The van der Waals surface area contributed by atoms with Gasteiger partial charge in [-0.25, -0.2) is 18.3 Å². The van der Waals surface area contributed by atoms with E-state index in [9.17, 15) is 0 Å². The van der Waals surface area contributed by atoms with E-state index in [-0.39, 0.29) is 0 Å². The molecule has 4 aromatic rings. The molecular weight excluding hydrogens is 672 g/mol. The number of benzene rings is 2. The Morgan fingerprint density at radius 1 is 0.643 bits per heavy atom. The van der Waals surface area contributed by atoms with E-state index in [4.69, 9.17) is 38.8 Å². The molecule has 0 radical (unpaired) electrons. The molecule has 0 bridgehead atoms. The first-order valence-electron chi connectivity index (χ1n) is 13.4.